The highest BCUT2D eigenvalue weighted by Gasteiger charge is 2.19. The molecule has 0 aromatic heterocycles. The molecule has 0 spiro atoms. The van der Waals surface area contributed by atoms with Crippen molar-refractivity contribution in [2.24, 2.45) is 5.73 Å². The van der Waals surface area contributed by atoms with Crippen molar-refractivity contribution in [3.63, 3.8) is 0 Å². The van der Waals surface area contributed by atoms with Crippen LogP contribution in [0.3, 0.4) is 0 Å². The lowest BCUT2D eigenvalue weighted by atomic mass is 9.93. The zero-order valence-electron chi connectivity index (χ0n) is 12.3. The van der Waals surface area contributed by atoms with E-state index in [1.54, 1.807) is 0 Å². The fourth-order valence-electron chi connectivity index (χ4n) is 3.52. The third-order valence-electron chi connectivity index (χ3n) is 4.72. The van der Waals surface area contributed by atoms with Gasteiger partial charge in [-0.25, -0.2) is 0 Å². The number of benzene rings is 3. The van der Waals surface area contributed by atoms with Gasteiger partial charge in [0, 0.05) is 6.04 Å². The fourth-order valence-corrected chi connectivity index (χ4v) is 3.52. The molecule has 4 rings (SSSR count). The molecule has 0 saturated heterocycles. The Hall–Kier alpha value is -2.12. The lowest BCUT2D eigenvalue weighted by Gasteiger charge is -2.11. The number of aryl methyl sites for hydroxylation is 2. The van der Waals surface area contributed by atoms with E-state index in [9.17, 15) is 0 Å². The summed E-state index contributed by atoms with van der Waals surface area (Å²) >= 11 is 0. The van der Waals surface area contributed by atoms with Gasteiger partial charge in [0.2, 0.25) is 0 Å². The maximum absolute atomic E-state index is 6.15. The first-order valence-corrected chi connectivity index (χ1v) is 7.61. The van der Waals surface area contributed by atoms with E-state index in [1.165, 1.54) is 38.6 Å². The van der Waals surface area contributed by atoms with Crippen molar-refractivity contribution >= 4 is 10.8 Å². The third kappa shape index (κ3) is 1.97. The number of hydrogen-bond acceptors (Lipinski definition) is 1. The number of nitrogens with two attached hydrogens (primary N) is 1. The summed E-state index contributed by atoms with van der Waals surface area (Å²) in [6.07, 6.45) is 2.18. The van der Waals surface area contributed by atoms with Crippen molar-refractivity contribution in [2.75, 3.05) is 0 Å². The zero-order valence-corrected chi connectivity index (χ0v) is 12.3. The Morgan fingerprint density at radius 3 is 2.62 bits per heavy atom. The van der Waals surface area contributed by atoms with Crippen LogP contribution in [-0.4, -0.2) is 0 Å². The molecule has 1 aliphatic rings. The van der Waals surface area contributed by atoms with Crippen molar-refractivity contribution in [1.29, 1.82) is 0 Å². The normalized spacial score (nSPS) is 17.1. The van der Waals surface area contributed by atoms with Gasteiger partial charge < -0.3 is 5.73 Å². The molecule has 1 unspecified atom stereocenters. The van der Waals surface area contributed by atoms with Gasteiger partial charge in [-0.3, -0.25) is 0 Å². The highest BCUT2D eigenvalue weighted by Crippen LogP contribution is 2.35. The molecule has 1 heteroatoms. The SMILES string of the molecule is Cc1ccc(-c2ccc3c(c2)CCC3N)c2ccccc12. The number of rotatable bonds is 1. The average molecular weight is 273 g/mol. The van der Waals surface area contributed by atoms with Crippen molar-refractivity contribution in [3.05, 3.63) is 71.3 Å². The first kappa shape index (κ1) is 12.6. The summed E-state index contributed by atoms with van der Waals surface area (Å²) in [5.74, 6) is 0. The van der Waals surface area contributed by atoms with Gasteiger partial charge >= 0.3 is 0 Å². The highest BCUT2D eigenvalue weighted by molar-refractivity contribution is 5.98. The third-order valence-corrected chi connectivity index (χ3v) is 4.72. The Morgan fingerprint density at radius 2 is 1.76 bits per heavy atom. The van der Waals surface area contributed by atoms with Crippen molar-refractivity contribution in [3.8, 4) is 11.1 Å². The smallest absolute Gasteiger partial charge is 0.0300 e. The first-order valence-electron chi connectivity index (χ1n) is 7.61. The van der Waals surface area contributed by atoms with E-state index in [0.717, 1.165) is 12.8 Å². The Labute approximate surface area is 125 Å². The van der Waals surface area contributed by atoms with Crippen LogP contribution in [0, 0.1) is 6.92 Å². The summed E-state index contributed by atoms with van der Waals surface area (Å²) in [6, 6.07) is 20.1. The molecule has 3 aromatic carbocycles. The maximum atomic E-state index is 6.15. The largest absolute Gasteiger partial charge is 0.324 e. The topological polar surface area (TPSA) is 26.0 Å². The molecule has 0 aliphatic heterocycles. The lowest BCUT2D eigenvalue weighted by Crippen LogP contribution is -2.04. The van der Waals surface area contributed by atoms with Crippen molar-refractivity contribution < 1.29 is 0 Å². The summed E-state index contributed by atoms with van der Waals surface area (Å²) in [5.41, 5.74) is 12.9. The molecule has 3 aromatic rings. The van der Waals surface area contributed by atoms with Crippen LogP contribution in [0.1, 0.15) is 29.2 Å². The Balaban J connectivity index is 1.94. The monoisotopic (exact) mass is 273 g/mol. The molecule has 1 aliphatic carbocycles. The van der Waals surface area contributed by atoms with E-state index in [0.29, 0.717) is 0 Å². The minimum atomic E-state index is 0.226. The summed E-state index contributed by atoms with van der Waals surface area (Å²) in [6.45, 7) is 2.17. The van der Waals surface area contributed by atoms with Gasteiger partial charge in [-0.15, -0.1) is 0 Å². The van der Waals surface area contributed by atoms with Gasteiger partial charge in [-0.1, -0.05) is 54.6 Å². The Bertz CT molecular complexity index is 832. The van der Waals surface area contributed by atoms with E-state index in [2.05, 4.69) is 61.5 Å². The van der Waals surface area contributed by atoms with Gasteiger partial charge in [0.1, 0.15) is 0 Å². The van der Waals surface area contributed by atoms with E-state index in [-0.39, 0.29) is 6.04 Å². The second kappa shape index (κ2) is 4.71. The molecular formula is C20H19N. The maximum Gasteiger partial charge on any atom is 0.0300 e. The average Bonchev–Trinajstić information content (AvgIpc) is 2.89. The van der Waals surface area contributed by atoms with Crippen LogP contribution in [0.25, 0.3) is 21.9 Å². The van der Waals surface area contributed by atoms with Crippen LogP contribution in [0.2, 0.25) is 0 Å². The Kier molecular flexibility index (Phi) is 2.83. The fraction of sp³-hybridized carbons (Fsp3) is 0.200. The minimum absolute atomic E-state index is 0.226. The van der Waals surface area contributed by atoms with Gasteiger partial charge in [0.15, 0.2) is 0 Å². The molecule has 2 N–H and O–H groups in total. The molecule has 21 heavy (non-hydrogen) atoms. The highest BCUT2D eigenvalue weighted by atomic mass is 14.6. The molecule has 0 radical (unpaired) electrons. The van der Waals surface area contributed by atoms with Gasteiger partial charge in [0.05, 0.1) is 0 Å². The summed E-state index contributed by atoms with van der Waals surface area (Å²) in [7, 11) is 0. The molecule has 0 heterocycles. The predicted molar refractivity (Wildman–Crippen MR) is 89.4 cm³/mol. The van der Waals surface area contributed by atoms with Crippen molar-refractivity contribution in [1.82, 2.24) is 0 Å². The molecule has 0 amide bonds. The van der Waals surface area contributed by atoms with Gasteiger partial charge in [0.25, 0.3) is 0 Å². The molecule has 0 bridgehead atoms. The van der Waals surface area contributed by atoms with E-state index >= 15 is 0 Å². The van der Waals surface area contributed by atoms with Gasteiger partial charge in [-0.05, 0) is 58.4 Å². The van der Waals surface area contributed by atoms with Crippen LogP contribution in [0.4, 0.5) is 0 Å². The van der Waals surface area contributed by atoms with E-state index in [1.807, 2.05) is 0 Å². The molecular weight excluding hydrogens is 254 g/mol. The van der Waals surface area contributed by atoms with Crippen LogP contribution < -0.4 is 5.73 Å². The molecule has 104 valence electrons. The standard InChI is InChI=1S/C20H19N/c1-13-6-9-17(19-5-3-2-4-16(13)19)14-7-10-18-15(12-14)8-11-20(18)21/h2-7,9-10,12,20H,8,11,21H2,1H3. The predicted octanol–water partition coefficient (Wildman–Crippen LogP) is 4.76. The molecule has 1 atom stereocenters. The first-order chi connectivity index (χ1) is 10.2. The van der Waals surface area contributed by atoms with Crippen LogP contribution in [0.15, 0.2) is 54.6 Å². The molecule has 0 saturated carbocycles. The van der Waals surface area contributed by atoms with E-state index < -0.39 is 0 Å². The van der Waals surface area contributed by atoms with Crippen LogP contribution in [-0.2, 0) is 6.42 Å². The lowest BCUT2D eigenvalue weighted by molar-refractivity contribution is 0.713. The van der Waals surface area contributed by atoms with Crippen LogP contribution in [0.5, 0.6) is 0 Å². The minimum Gasteiger partial charge on any atom is -0.324 e. The number of hydrogen-bond donors (Lipinski definition) is 1. The second-order valence-electron chi connectivity index (χ2n) is 6.03. The molecule has 0 fully saturated rings. The van der Waals surface area contributed by atoms with Crippen LogP contribution >= 0.6 is 0 Å². The summed E-state index contributed by atoms with van der Waals surface area (Å²) < 4.78 is 0. The second-order valence-corrected chi connectivity index (χ2v) is 6.03. The molecule has 1 nitrogen and oxygen atoms in total. The van der Waals surface area contributed by atoms with Gasteiger partial charge in [-0.2, -0.15) is 0 Å². The quantitative estimate of drug-likeness (QED) is 0.679. The van der Waals surface area contributed by atoms with E-state index in [4.69, 9.17) is 5.73 Å². The summed E-state index contributed by atoms with van der Waals surface area (Å²) in [5, 5.41) is 2.67. The summed E-state index contributed by atoms with van der Waals surface area (Å²) in [4.78, 5) is 0. The zero-order chi connectivity index (χ0) is 14.4. The number of fused-ring (bicyclic) bond motifs is 2. The Morgan fingerprint density at radius 1 is 0.952 bits per heavy atom. The van der Waals surface area contributed by atoms with Crippen molar-refractivity contribution in [2.45, 2.75) is 25.8 Å².